The molecule has 27 heavy (non-hydrogen) atoms. The molecule has 4 rings (SSSR count). The van der Waals surface area contributed by atoms with Crippen LogP contribution in [0.1, 0.15) is 40.5 Å². The molecule has 1 N–H and O–H groups in total. The number of aryl methyl sites for hydroxylation is 1. The van der Waals surface area contributed by atoms with Crippen LogP contribution in [0, 0.1) is 24.4 Å². The molecule has 0 radical (unpaired) electrons. The lowest BCUT2D eigenvalue weighted by molar-refractivity contribution is 0.102. The van der Waals surface area contributed by atoms with Gasteiger partial charge in [0.1, 0.15) is 5.69 Å². The number of hydrogen-bond donors (Lipinski definition) is 1. The Hall–Kier alpha value is -3.09. The van der Waals surface area contributed by atoms with Crippen molar-refractivity contribution in [3.63, 3.8) is 0 Å². The van der Waals surface area contributed by atoms with Crippen LogP contribution in [0.4, 0.5) is 18.9 Å². The Balaban J connectivity index is 1.61. The maximum Gasteiger partial charge on any atom is 0.258 e. The molecule has 2 aromatic carbocycles. The molecule has 1 saturated carbocycles. The minimum Gasteiger partial charge on any atom is -0.322 e. The summed E-state index contributed by atoms with van der Waals surface area (Å²) in [7, 11) is 0. The Morgan fingerprint density at radius 1 is 1.11 bits per heavy atom. The Labute approximate surface area is 153 Å². The first-order valence-corrected chi connectivity index (χ1v) is 8.56. The van der Waals surface area contributed by atoms with E-state index in [-0.39, 0.29) is 11.4 Å². The van der Waals surface area contributed by atoms with Crippen LogP contribution in [-0.2, 0) is 0 Å². The quantitative estimate of drug-likeness (QED) is 0.721. The molecule has 0 bridgehead atoms. The highest BCUT2D eigenvalue weighted by molar-refractivity contribution is 6.04. The normalized spacial score (nSPS) is 13.6. The van der Waals surface area contributed by atoms with Crippen LogP contribution >= 0.6 is 0 Å². The number of hydrogen-bond acceptors (Lipinski definition) is 2. The average Bonchev–Trinajstić information content (AvgIpc) is 3.40. The van der Waals surface area contributed by atoms with Gasteiger partial charge in [-0.3, -0.25) is 4.79 Å². The number of halogens is 3. The SMILES string of the molecule is Cc1cc(C2CC2)n(-c2ccc(NC(=O)c3cccc(F)c3F)cc2F)n1. The van der Waals surface area contributed by atoms with Gasteiger partial charge in [0.25, 0.3) is 5.91 Å². The van der Waals surface area contributed by atoms with Crippen molar-refractivity contribution in [3.05, 3.63) is 76.9 Å². The lowest BCUT2D eigenvalue weighted by atomic mass is 10.2. The molecule has 1 heterocycles. The predicted octanol–water partition coefficient (Wildman–Crippen LogP) is 4.73. The lowest BCUT2D eigenvalue weighted by Crippen LogP contribution is -2.15. The van der Waals surface area contributed by atoms with Gasteiger partial charge in [0.05, 0.1) is 11.3 Å². The first kappa shape index (κ1) is 17.3. The van der Waals surface area contributed by atoms with Crippen molar-refractivity contribution < 1.29 is 18.0 Å². The largest absolute Gasteiger partial charge is 0.322 e. The highest BCUT2D eigenvalue weighted by atomic mass is 19.2. The van der Waals surface area contributed by atoms with Crippen LogP contribution in [0.2, 0.25) is 0 Å². The Bertz CT molecular complexity index is 1040. The van der Waals surface area contributed by atoms with E-state index in [1.54, 1.807) is 4.68 Å². The third-order valence-corrected chi connectivity index (χ3v) is 4.48. The molecule has 7 heteroatoms. The highest BCUT2D eigenvalue weighted by Crippen LogP contribution is 2.41. The molecule has 0 spiro atoms. The summed E-state index contributed by atoms with van der Waals surface area (Å²) in [6.07, 6.45) is 2.11. The maximum absolute atomic E-state index is 14.7. The number of carbonyl (C=O) groups is 1. The Morgan fingerprint density at radius 2 is 1.89 bits per heavy atom. The van der Waals surface area contributed by atoms with Gasteiger partial charge in [-0.1, -0.05) is 6.07 Å². The molecule has 1 amide bonds. The lowest BCUT2D eigenvalue weighted by Gasteiger charge is -2.11. The summed E-state index contributed by atoms with van der Waals surface area (Å²) in [6.45, 7) is 1.85. The van der Waals surface area contributed by atoms with Gasteiger partial charge in [0, 0.05) is 17.3 Å². The van der Waals surface area contributed by atoms with Gasteiger partial charge in [-0.05, 0) is 56.2 Å². The topological polar surface area (TPSA) is 46.9 Å². The molecule has 1 fully saturated rings. The second-order valence-corrected chi connectivity index (χ2v) is 6.62. The molecular formula is C20H16F3N3O. The summed E-state index contributed by atoms with van der Waals surface area (Å²) in [4.78, 5) is 12.2. The van der Waals surface area contributed by atoms with Crippen molar-refractivity contribution in [2.75, 3.05) is 5.32 Å². The molecule has 0 unspecified atom stereocenters. The Kier molecular flexibility index (Phi) is 4.22. The fourth-order valence-electron chi connectivity index (χ4n) is 3.02. The highest BCUT2D eigenvalue weighted by Gasteiger charge is 2.29. The number of aromatic nitrogens is 2. The van der Waals surface area contributed by atoms with Crippen LogP contribution in [0.3, 0.4) is 0 Å². The van der Waals surface area contributed by atoms with Gasteiger partial charge >= 0.3 is 0 Å². The van der Waals surface area contributed by atoms with Crippen LogP contribution in [0.15, 0.2) is 42.5 Å². The van der Waals surface area contributed by atoms with E-state index < -0.39 is 28.9 Å². The molecule has 1 aliphatic carbocycles. The van der Waals surface area contributed by atoms with Gasteiger partial charge in [0.2, 0.25) is 0 Å². The minimum absolute atomic E-state index is 0.141. The molecule has 1 aromatic heterocycles. The van der Waals surface area contributed by atoms with E-state index in [1.165, 1.54) is 18.2 Å². The second kappa shape index (κ2) is 6.57. The van der Waals surface area contributed by atoms with E-state index in [9.17, 15) is 18.0 Å². The van der Waals surface area contributed by atoms with Crippen LogP contribution < -0.4 is 5.32 Å². The van der Waals surface area contributed by atoms with E-state index in [0.717, 1.165) is 42.4 Å². The predicted molar refractivity (Wildman–Crippen MR) is 94.5 cm³/mol. The molecule has 1 aliphatic rings. The fraction of sp³-hybridized carbons (Fsp3) is 0.200. The molecule has 3 aromatic rings. The van der Waals surface area contributed by atoms with Crippen LogP contribution in [0.5, 0.6) is 0 Å². The van der Waals surface area contributed by atoms with Gasteiger partial charge in [-0.25, -0.2) is 17.9 Å². The monoisotopic (exact) mass is 371 g/mol. The van der Waals surface area contributed by atoms with Crippen molar-refractivity contribution in [2.24, 2.45) is 0 Å². The van der Waals surface area contributed by atoms with Gasteiger partial charge in [-0.2, -0.15) is 5.10 Å². The van der Waals surface area contributed by atoms with Crippen molar-refractivity contribution >= 4 is 11.6 Å². The van der Waals surface area contributed by atoms with Crippen molar-refractivity contribution in [1.82, 2.24) is 9.78 Å². The van der Waals surface area contributed by atoms with Gasteiger partial charge in [-0.15, -0.1) is 0 Å². The zero-order valence-corrected chi connectivity index (χ0v) is 14.5. The standard InChI is InChI=1S/C20H16F3N3O/c1-11-9-18(12-5-6-12)26(25-11)17-8-7-13(10-16(17)22)24-20(27)14-3-2-4-15(21)19(14)23/h2-4,7-10,12H,5-6H2,1H3,(H,24,27). The first-order valence-electron chi connectivity index (χ1n) is 8.56. The summed E-state index contributed by atoms with van der Waals surface area (Å²) in [5.74, 6) is -3.40. The van der Waals surface area contributed by atoms with Crippen molar-refractivity contribution in [1.29, 1.82) is 0 Å². The Morgan fingerprint density at radius 3 is 2.59 bits per heavy atom. The number of rotatable bonds is 4. The third-order valence-electron chi connectivity index (χ3n) is 4.48. The van der Waals surface area contributed by atoms with E-state index in [4.69, 9.17) is 0 Å². The van der Waals surface area contributed by atoms with Crippen molar-refractivity contribution in [3.8, 4) is 5.69 Å². The zero-order chi connectivity index (χ0) is 19.1. The third kappa shape index (κ3) is 3.32. The second-order valence-electron chi connectivity index (χ2n) is 6.62. The molecule has 138 valence electrons. The number of anilines is 1. The number of benzene rings is 2. The van der Waals surface area contributed by atoms with Crippen LogP contribution in [0.25, 0.3) is 5.69 Å². The van der Waals surface area contributed by atoms with E-state index in [2.05, 4.69) is 10.4 Å². The summed E-state index contributed by atoms with van der Waals surface area (Å²) in [5, 5.41) is 6.75. The summed E-state index contributed by atoms with van der Waals surface area (Å²) >= 11 is 0. The van der Waals surface area contributed by atoms with E-state index in [1.807, 2.05) is 13.0 Å². The fourth-order valence-corrected chi connectivity index (χ4v) is 3.02. The summed E-state index contributed by atoms with van der Waals surface area (Å²) in [6, 6.07) is 9.40. The number of carbonyl (C=O) groups excluding carboxylic acids is 1. The molecule has 0 aliphatic heterocycles. The average molecular weight is 371 g/mol. The molecule has 0 atom stereocenters. The summed E-state index contributed by atoms with van der Waals surface area (Å²) in [5.41, 5.74) is 1.74. The van der Waals surface area contributed by atoms with Crippen molar-refractivity contribution in [2.45, 2.75) is 25.7 Å². The number of nitrogens with one attached hydrogen (secondary N) is 1. The number of nitrogens with zero attached hydrogens (tertiary/aromatic N) is 2. The summed E-state index contributed by atoms with van der Waals surface area (Å²) < 4.78 is 43.2. The van der Waals surface area contributed by atoms with Gasteiger partial charge in [0.15, 0.2) is 17.5 Å². The van der Waals surface area contributed by atoms with Gasteiger partial charge < -0.3 is 5.32 Å². The maximum atomic E-state index is 14.7. The smallest absolute Gasteiger partial charge is 0.258 e. The van der Waals surface area contributed by atoms with E-state index >= 15 is 0 Å². The molecule has 4 nitrogen and oxygen atoms in total. The zero-order valence-electron chi connectivity index (χ0n) is 14.5. The van der Waals surface area contributed by atoms with E-state index in [0.29, 0.717) is 5.92 Å². The first-order chi connectivity index (χ1) is 12.9. The number of amides is 1. The van der Waals surface area contributed by atoms with Crippen LogP contribution in [-0.4, -0.2) is 15.7 Å². The minimum atomic E-state index is -1.24. The molecular weight excluding hydrogens is 355 g/mol. The molecule has 0 saturated heterocycles.